The maximum absolute atomic E-state index is 10.2. The van der Waals surface area contributed by atoms with E-state index in [1.807, 2.05) is 24.3 Å². The van der Waals surface area contributed by atoms with Crippen LogP contribution in [0.15, 0.2) is 35.3 Å². The first-order valence-corrected chi connectivity index (χ1v) is 7.10. The number of benzene rings is 1. The van der Waals surface area contributed by atoms with Crippen molar-refractivity contribution in [2.75, 3.05) is 20.1 Å². The number of nitrogens with one attached hydrogen (secondary N) is 2. The maximum atomic E-state index is 10.2. The monoisotopic (exact) mass is 415 g/mol. The lowest BCUT2D eigenvalue weighted by Crippen LogP contribution is -2.39. The van der Waals surface area contributed by atoms with Gasteiger partial charge in [0.25, 0.3) is 0 Å². The van der Waals surface area contributed by atoms with Crippen LogP contribution < -0.4 is 10.6 Å². The van der Waals surface area contributed by atoms with Gasteiger partial charge in [0.1, 0.15) is 6.10 Å². The number of aliphatic hydroxyl groups is 1. The highest BCUT2D eigenvalue weighted by molar-refractivity contribution is 14.0. The van der Waals surface area contributed by atoms with Crippen molar-refractivity contribution >= 4 is 51.4 Å². The van der Waals surface area contributed by atoms with Gasteiger partial charge in [-0.1, -0.05) is 24.1 Å². The molecule has 2 rings (SSSR count). The molecule has 0 saturated heterocycles. The molecule has 21 heavy (non-hydrogen) atoms. The van der Waals surface area contributed by atoms with Crippen LogP contribution in [0.5, 0.6) is 0 Å². The van der Waals surface area contributed by atoms with Crippen LogP contribution in [0.4, 0.5) is 0 Å². The van der Waals surface area contributed by atoms with E-state index in [0.717, 1.165) is 10.3 Å². The average Bonchev–Trinajstić information content (AvgIpc) is 2.91. The van der Waals surface area contributed by atoms with Crippen LogP contribution >= 0.6 is 35.3 Å². The van der Waals surface area contributed by atoms with Crippen molar-refractivity contribution in [1.29, 1.82) is 0 Å². The number of halogens is 1. The summed E-state index contributed by atoms with van der Waals surface area (Å²) in [5, 5.41) is 17.4. The molecule has 1 aromatic heterocycles. The van der Waals surface area contributed by atoms with Gasteiger partial charge in [0.2, 0.25) is 0 Å². The van der Waals surface area contributed by atoms with Crippen LogP contribution in [0.2, 0.25) is 0 Å². The fourth-order valence-corrected chi connectivity index (χ4v) is 2.87. The molecular formula is C15H18IN3OS. The van der Waals surface area contributed by atoms with Crippen molar-refractivity contribution in [1.82, 2.24) is 10.6 Å². The first-order chi connectivity index (χ1) is 9.74. The van der Waals surface area contributed by atoms with Crippen LogP contribution in [0.1, 0.15) is 11.0 Å². The Hall–Kier alpha value is -1.30. The summed E-state index contributed by atoms with van der Waals surface area (Å²) in [5.74, 6) is 3.06. The Bertz CT molecular complexity index is 615. The molecule has 1 atom stereocenters. The van der Waals surface area contributed by atoms with Crippen molar-refractivity contribution in [3.8, 4) is 12.3 Å². The third kappa shape index (κ3) is 4.88. The molecule has 0 amide bonds. The zero-order valence-electron chi connectivity index (χ0n) is 11.7. The zero-order chi connectivity index (χ0) is 14.4. The Morgan fingerprint density at radius 2 is 2.19 bits per heavy atom. The zero-order valence-corrected chi connectivity index (χ0v) is 14.8. The predicted octanol–water partition coefficient (Wildman–Crippen LogP) is 2.35. The molecule has 0 aliphatic heterocycles. The van der Waals surface area contributed by atoms with Crippen LogP contribution in [-0.4, -0.2) is 31.2 Å². The van der Waals surface area contributed by atoms with E-state index in [1.165, 1.54) is 4.70 Å². The second-order valence-corrected chi connectivity index (χ2v) is 5.33. The molecule has 1 heterocycles. The third-order valence-corrected chi connectivity index (χ3v) is 4.03. The molecule has 0 radical (unpaired) electrons. The van der Waals surface area contributed by atoms with Crippen molar-refractivity contribution in [2.45, 2.75) is 6.10 Å². The van der Waals surface area contributed by atoms with Crippen LogP contribution in [0, 0.1) is 12.3 Å². The van der Waals surface area contributed by atoms with Gasteiger partial charge in [0.05, 0.1) is 6.54 Å². The standard InChI is InChI=1S/C15H17N3OS.HI/c1-3-8-17-15(16-2)18-10-12(19)14-9-11-6-4-5-7-13(11)20-14;/h1,4-7,9,12,19H,8,10H2,2H3,(H2,16,17,18);1H. The van der Waals surface area contributed by atoms with Gasteiger partial charge in [-0.2, -0.15) is 0 Å². The molecule has 1 aromatic carbocycles. The molecule has 0 aliphatic rings. The van der Waals surface area contributed by atoms with E-state index in [2.05, 4.69) is 27.6 Å². The topological polar surface area (TPSA) is 56.7 Å². The van der Waals surface area contributed by atoms with Crippen LogP contribution in [0.25, 0.3) is 10.1 Å². The molecule has 6 heteroatoms. The lowest BCUT2D eigenvalue weighted by molar-refractivity contribution is 0.184. The highest BCUT2D eigenvalue weighted by Gasteiger charge is 2.11. The quantitative estimate of drug-likeness (QED) is 0.311. The first kappa shape index (κ1) is 17.8. The van der Waals surface area contributed by atoms with Crippen molar-refractivity contribution in [3.05, 3.63) is 35.2 Å². The Labute approximate surface area is 145 Å². The molecule has 4 nitrogen and oxygen atoms in total. The number of guanidine groups is 1. The Morgan fingerprint density at radius 3 is 2.86 bits per heavy atom. The molecule has 0 saturated carbocycles. The number of fused-ring (bicyclic) bond motifs is 1. The van der Waals surface area contributed by atoms with E-state index in [-0.39, 0.29) is 24.0 Å². The van der Waals surface area contributed by atoms with Gasteiger partial charge in [0.15, 0.2) is 5.96 Å². The third-order valence-electron chi connectivity index (χ3n) is 2.82. The Balaban J connectivity index is 0.00000220. The van der Waals surface area contributed by atoms with Gasteiger partial charge >= 0.3 is 0 Å². The molecule has 0 bridgehead atoms. The largest absolute Gasteiger partial charge is 0.386 e. The van der Waals surface area contributed by atoms with E-state index in [1.54, 1.807) is 18.4 Å². The minimum Gasteiger partial charge on any atom is -0.386 e. The fourth-order valence-electron chi connectivity index (χ4n) is 1.82. The van der Waals surface area contributed by atoms with Gasteiger partial charge in [-0.15, -0.1) is 41.7 Å². The van der Waals surface area contributed by atoms with E-state index in [9.17, 15) is 5.11 Å². The minimum absolute atomic E-state index is 0. The number of hydrogen-bond donors (Lipinski definition) is 3. The van der Waals surface area contributed by atoms with Gasteiger partial charge in [0, 0.05) is 23.2 Å². The second kappa shape index (κ2) is 8.87. The van der Waals surface area contributed by atoms with Crippen LogP contribution in [-0.2, 0) is 0 Å². The lowest BCUT2D eigenvalue weighted by Gasteiger charge is -2.13. The Morgan fingerprint density at radius 1 is 1.43 bits per heavy atom. The molecule has 0 spiro atoms. The molecule has 0 aliphatic carbocycles. The normalized spacial score (nSPS) is 12.3. The predicted molar refractivity (Wildman–Crippen MR) is 100 cm³/mol. The summed E-state index contributed by atoms with van der Waals surface area (Å²) in [7, 11) is 1.66. The van der Waals surface area contributed by atoms with Gasteiger partial charge in [-0.05, 0) is 17.5 Å². The number of aliphatic hydroxyl groups excluding tert-OH is 1. The fraction of sp³-hybridized carbons (Fsp3) is 0.267. The number of aliphatic imine (C=N–C) groups is 1. The van der Waals surface area contributed by atoms with E-state index < -0.39 is 6.10 Å². The summed E-state index contributed by atoms with van der Waals surface area (Å²) in [5.41, 5.74) is 0. The number of nitrogens with zero attached hydrogens (tertiary/aromatic N) is 1. The summed E-state index contributed by atoms with van der Waals surface area (Å²) in [6.07, 6.45) is 4.61. The second-order valence-electron chi connectivity index (χ2n) is 4.21. The number of hydrogen-bond acceptors (Lipinski definition) is 3. The summed E-state index contributed by atoms with van der Waals surface area (Å²) in [6, 6.07) is 10.1. The average molecular weight is 415 g/mol. The molecule has 2 aromatic rings. The molecule has 3 N–H and O–H groups in total. The first-order valence-electron chi connectivity index (χ1n) is 6.29. The number of terminal acetylenes is 1. The van der Waals surface area contributed by atoms with E-state index >= 15 is 0 Å². The van der Waals surface area contributed by atoms with Gasteiger partial charge in [-0.25, -0.2) is 0 Å². The van der Waals surface area contributed by atoms with E-state index in [4.69, 9.17) is 6.42 Å². The summed E-state index contributed by atoms with van der Waals surface area (Å²) >= 11 is 1.60. The number of rotatable bonds is 4. The lowest BCUT2D eigenvalue weighted by atomic mass is 10.2. The van der Waals surface area contributed by atoms with Crippen molar-refractivity contribution < 1.29 is 5.11 Å². The summed E-state index contributed by atoms with van der Waals surface area (Å²) < 4.78 is 1.18. The summed E-state index contributed by atoms with van der Waals surface area (Å²) in [6.45, 7) is 0.787. The van der Waals surface area contributed by atoms with Crippen LogP contribution in [0.3, 0.4) is 0 Å². The minimum atomic E-state index is -0.572. The molecule has 112 valence electrons. The van der Waals surface area contributed by atoms with Crippen molar-refractivity contribution in [3.63, 3.8) is 0 Å². The smallest absolute Gasteiger partial charge is 0.191 e. The number of thiophene rings is 1. The van der Waals surface area contributed by atoms with Gasteiger partial charge in [-0.3, -0.25) is 4.99 Å². The molecule has 0 fully saturated rings. The SMILES string of the molecule is C#CCNC(=NC)NCC(O)c1cc2ccccc2s1.I. The van der Waals surface area contributed by atoms with Gasteiger partial charge < -0.3 is 15.7 Å². The highest BCUT2D eigenvalue weighted by atomic mass is 127. The highest BCUT2D eigenvalue weighted by Crippen LogP contribution is 2.29. The summed E-state index contributed by atoms with van der Waals surface area (Å²) in [4.78, 5) is 4.96. The Kier molecular flexibility index (Phi) is 7.50. The van der Waals surface area contributed by atoms with E-state index in [0.29, 0.717) is 19.0 Å². The molecular weight excluding hydrogens is 397 g/mol. The molecule has 1 unspecified atom stereocenters. The van der Waals surface area contributed by atoms with Crippen molar-refractivity contribution in [2.24, 2.45) is 4.99 Å². The maximum Gasteiger partial charge on any atom is 0.191 e.